The zero-order valence-corrected chi connectivity index (χ0v) is 23.6. The fourth-order valence-corrected chi connectivity index (χ4v) is 4.79. The molecule has 1 unspecified atom stereocenters. The molecule has 2 aromatic rings. The summed E-state index contributed by atoms with van der Waals surface area (Å²) in [7, 11) is 1.39. The molecule has 1 amide bonds. The summed E-state index contributed by atoms with van der Waals surface area (Å²) in [4.78, 5) is 26.7. The predicted octanol–water partition coefficient (Wildman–Crippen LogP) is 8.27. The molecule has 0 aromatic heterocycles. The first kappa shape index (κ1) is 28.5. The van der Waals surface area contributed by atoms with E-state index in [4.69, 9.17) is 9.47 Å². The number of amides is 1. The smallest absolute Gasteiger partial charge is 0.414 e. The molecule has 0 N–H and O–H groups in total. The molecule has 2 aromatic carbocycles. The molecule has 0 aliphatic carbocycles. The van der Waals surface area contributed by atoms with Gasteiger partial charge in [-0.2, -0.15) is 0 Å². The minimum Gasteiger partial charge on any atom is -0.465 e. The first-order chi connectivity index (χ1) is 17.4. The standard InChI is InChI=1S/C32H43NO4/c1-8-9-10-11-24(15-12-23-13-16-25(17-14-23)29(34)36-7)26-18-19-27-28(22-26)33(21-20-32(27,5)6)30(35)37-31(2,3)4/h12-19,22,24H,8-11,20-21H2,1-7H3/b15-12+. The van der Waals surface area contributed by atoms with Crippen molar-refractivity contribution < 1.29 is 19.1 Å². The van der Waals surface area contributed by atoms with Crippen LogP contribution in [0, 0.1) is 0 Å². The maximum absolute atomic E-state index is 13.1. The molecule has 3 rings (SSSR count). The lowest BCUT2D eigenvalue weighted by molar-refractivity contribution is 0.0571. The molecule has 0 saturated heterocycles. The number of benzene rings is 2. The van der Waals surface area contributed by atoms with Crippen molar-refractivity contribution in [2.75, 3.05) is 18.6 Å². The van der Waals surface area contributed by atoms with Gasteiger partial charge in [-0.1, -0.05) is 76.5 Å². The van der Waals surface area contributed by atoms with Gasteiger partial charge in [0.15, 0.2) is 0 Å². The summed E-state index contributed by atoms with van der Waals surface area (Å²) >= 11 is 0. The third-order valence-corrected chi connectivity index (χ3v) is 7.02. The van der Waals surface area contributed by atoms with Crippen LogP contribution < -0.4 is 4.90 Å². The van der Waals surface area contributed by atoms with E-state index in [1.54, 1.807) is 12.1 Å². The zero-order valence-electron chi connectivity index (χ0n) is 23.6. The Morgan fingerprint density at radius 3 is 2.41 bits per heavy atom. The number of carbonyl (C=O) groups is 2. The van der Waals surface area contributed by atoms with Gasteiger partial charge < -0.3 is 9.47 Å². The number of esters is 1. The molecule has 1 atom stereocenters. The first-order valence-electron chi connectivity index (χ1n) is 13.5. The Bertz CT molecular complexity index is 1110. The molecule has 0 fully saturated rings. The first-order valence-corrected chi connectivity index (χ1v) is 13.5. The molecule has 0 bridgehead atoms. The van der Waals surface area contributed by atoms with Gasteiger partial charge in [0, 0.05) is 12.5 Å². The summed E-state index contributed by atoms with van der Waals surface area (Å²) in [6.07, 6.45) is 9.47. The molecule has 5 heteroatoms. The van der Waals surface area contributed by atoms with E-state index in [9.17, 15) is 9.59 Å². The third-order valence-electron chi connectivity index (χ3n) is 7.02. The summed E-state index contributed by atoms with van der Waals surface area (Å²) < 4.78 is 10.6. The number of anilines is 1. The Morgan fingerprint density at radius 1 is 1.08 bits per heavy atom. The minimum atomic E-state index is -0.545. The number of methoxy groups -OCH3 is 1. The van der Waals surface area contributed by atoms with Gasteiger partial charge in [0.05, 0.1) is 18.4 Å². The van der Waals surface area contributed by atoms with Crippen molar-refractivity contribution in [2.45, 2.75) is 90.6 Å². The lowest BCUT2D eigenvalue weighted by Gasteiger charge is -2.40. The lowest BCUT2D eigenvalue weighted by atomic mass is 9.76. The fourth-order valence-electron chi connectivity index (χ4n) is 4.79. The van der Waals surface area contributed by atoms with Crippen LogP contribution in [0.1, 0.15) is 107 Å². The van der Waals surface area contributed by atoms with Crippen LogP contribution in [0.4, 0.5) is 10.5 Å². The summed E-state index contributed by atoms with van der Waals surface area (Å²) in [5, 5.41) is 0. The number of ether oxygens (including phenoxy) is 2. The van der Waals surface area contributed by atoms with Gasteiger partial charge in [-0.15, -0.1) is 0 Å². The predicted molar refractivity (Wildman–Crippen MR) is 151 cm³/mol. The van der Waals surface area contributed by atoms with Crippen molar-refractivity contribution in [1.29, 1.82) is 0 Å². The summed E-state index contributed by atoms with van der Waals surface area (Å²) in [6.45, 7) is 13.1. The van der Waals surface area contributed by atoms with Crippen molar-refractivity contribution in [3.63, 3.8) is 0 Å². The van der Waals surface area contributed by atoms with Crippen molar-refractivity contribution in [3.05, 3.63) is 70.8 Å². The van der Waals surface area contributed by atoms with Crippen LogP contribution in [-0.4, -0.2) is 31.3 Å². The van der Waals surface area contributed by atoms with Crippen LogP contribution in [0.5, 0.6) is 0 Å². The van der Waals surface area contributed by atoms with Crippen molar-refractivity contribution >= 4 is 23.8 Å². The Balaban J connectivity index is 1.95. The molecule has 0 radical (unpaired) electrons. The Labute approximate surface area is 222 Å². The molecule has 1 heterocycles. The maximum atomic E-state index is 13.1. The molecule has 1 aliphatic rings. The highest BCUT2D eigenvalue weighted by Gasteiger charge is 2.36. The zero-order chi connectivity index (χ0) is 27.2. The highest BCUT2D eigenvalue weighted by molar-refractivity contribution is 5.90. The Kier molecular flexibility index (Phi) is 9.22. The van der Waals surface area contributed by atoms with E-state index in [1.165, 1.54) is 24.7 Å². The third kappa shape index (κ3) is 7.47. The molecule has 200 valence electrons. The monoisotopic (exact) mass is 505 g/mol. The van der Waals surface area contributed by atoms with Crippen molar-refractivity contribution in [1.82, 2.24) is 0 Å². The average Bonchev–Trinajstić information content (AvgIpc) is 2.84. The van der Waals surface area contributed by atoms with E-state index in [0.717, 1.165) is 36.9 Å². The molecular weight excluding hydrogens is 462 g/mol. The maximum Gasteiger partial charge on any atom is 0.414 e. The second-order valence-electron chi connectivity index (χ2n) is 11.6. The van der Waals surface area contributed by atoms with Crippen LogP contribution in [0.15, 0.2) is 48.5 Å². The SMILES string of the molecule is CCCCCC(/C=C/c1ccc(C(=O)OC)cc1)c1ccc2c(c1)N(C(=O)OC(C)(C)C)CCC2(C)C. The van der Waals surface area contributed by atoms with E-state index in [0.29, 0.717) is 12.1 Å². The number of hydrogen-bond donors (Lipinski definition) is 0. The molecule has 0 saturated carbocycles. The average molecular weight is 506 g/mol. The van der Waals surface area contributed by atoms with E-state index in [1.807, 2.05) is 37.8 Å². The van der Waals surface area contributed by atoms with Crippen LogP contribution in [0.2, 0.25) is 0 Å². The number of carbonyl (C=O) groups excluding carboxylic acids is 2. The second kappa shape index (κ2) is 12.0. The number of hydrogen-bond acceptors (Lipinski definition) is 4. The van der Waals surface area contributed by atoms with E-state index in [-0.39, 0.29) is 23.4 Å². The highest BCUT2D eigenvalue weighted by Crippen LogP contribution is 2.42. The van der Waals surface area contributed by atoms with E-state index < -0.39 is 5.60 Å². The number of fused-ring (bicyclic) bond motifs is 1. The fraction of sp³-hybridized carbons (Fsp3) is 0.500. The van der Waals surface area contributed by atoms with Crippen LogP contribution in [0.3, 0.4) is 0 Å². The van der Waals surface area contributed by atoms with Gasteiger partial charge in [-0.05, 0) is 73.9 Å². The molecule has 5 nitrogen and oxygen atoms in total. The Hall–Kier alpha value is -3.08. The normalized spacial score (nSPS) is 15.8. The summed E-state index contributed by atoms with van der Waals surface area (Å²) in [5.41, 5.74) is 4.35. The number of allylic oxidation sites excluding steroid dienone is 1. The van der Waals surface area contributed by atoms with Gasteiger partial charge in [0.25, 0.3) is 0 Å². The van der Waals surface area contributed by atoms with Crippen LogP contribution in [0.25, 0.3) is 6.08 Å². The summed E-state index contributed by atoms with van der Waals surface area (Å²) in [6, 6.07) is 14.1. The molecule has 0 spiro atoms. The van der Waals surface area contributed by atoms with Crippen molar-refractivity contribution in [2.24, 2.45) is 0 Å². The van der Waals surface area contributed by atoms with Gasteiger partial charge in [-0.25, -0.2) is 9.59 Å². The van der Waals surface area contributed by atoms with E-state index in [2.05, 4.69) is 51.1 Å². The topological polar surface area (TPSA) is 55.8 Å². The number of unbranched alkanes of at least 4 members (excludes halogenated alkanes) is 2. The van der Waals surface area contributed by atoms with Gasteiger partial charge in [0.1, 0.15) is 5.60 Å². The van der Waals surface area contributed by atoms with Crippen molar-refractivity contribution in [3.8, 4) is 0 Å². The minimum absolute atomic E-state index is 0.0126. The molecule has 37 heavy (non-hydrogen) atoms. The Morgan fingerprint density at radius 2 is 1.78 bits per heavy atom. The number of rotatable bonds is 8. The van der Waals surface area contributed by atoms with Gasteiger partial charge in [-0.3, -0.25) is 4.90 Å². The number of nitrogens with zero attached hydrogens (tertiary/aromatic N) is 1. The quantitative estimate of drug-likeness (QED) is 0.268. The van der Waals surface area contributed by atoms with Gasteiger partial charge >= 0.3 is 12.1 Å². The van der Waals surface area contributed by atoms with E-state index >= 15 is 0 Å². The largest absolute Gasteiger partial charge is 0.465 e. The molecule has 1 aliphatic heterocycles. The lowest BCUT2D eigenvalue weighted by Crippen LogP contribution is -2.43. The van der Waals surface area contributed by atoms with Crippen LogP contribution >= 0.6 is 0 Å². The second-order valence-corrected chi connectivity index (χ2v) is 11.6. The van der Waals surface area contributed by atoms with Crippen LogP contribution in [-0.2, 0) is 14.9 Å². The van der Waals surface area contributed by atoms with Gasteiger partial charge in [0.2, 0.25) is 0 Å². The molecular formula is C32H43NO4. The summed E-state index contributed by atoms with van der Waals surface area (Å²) in [5.74, 6) is -0.123. The highest BCUT2D eigenvalue weighted by atomic mass is 16.6.